The minimum Gasteiger partial charge on any atom is -0.444 e. The van der Waals surface area contributed by atoms with E-state index in [0.29, 0.717) is 12.4 Å². The molecule has 3 aromatic rings. The van der Waals surface area contributed by atoms with Gasteiger partial charge in [0.25, 0.3) is 0 Å². The van der Waals surface area contributed by atoms with Crippen molar-refractivity contribution in [3.8, 4) is 11.5 Å². The number of benzene rings is 2. The smallest absolute Gasteiger partial charge is 0.226 e. The first-order valence-electron chi connectivity index (χ1n) is 11.5. The van der Waals surface area contributed by atoms with Crippen molar-refractivity contribution < 1.29 is 9.15 Å². The summed E-state index contributed by atoms with van der Waals surface area (Å²) in [5, 5.41) is 6.84. The number of rotatable bonds is 7. The first-order chi connectivity index (χ1) is 16.1. The van der Waals surface area contributed by atoms with Crippen LogP contribution >= 0.6 is 0 Å². The maximum absolute atomic E-state index is 5.67. The van der Waals surface area contributed by atoms with Crippen molar-refractivity contribution in [1.29, 1.82) is 0 Å². The first kappa shape index (κ1) is 23.0. The number of aromatic nitrogens is 1. The molecule has 0 bridgehead atoms. The molecule has 0 saturated carbocycles. The van der Waals surface area contributed by atoms with Crippen LogP contribution in [0.4, 0.5) is 0 Å². The van der Waals surface area contributed by atoms with Crippen LogP contribution < -0.4 is 10.6 Å². The Morgan fingerprint density at radius 1 is 1.00 bits per heavy atom. The predicted molar refractivity (Wildman–Crippen MR) is 131 cm³/mol. The molecule has 7 heteroatoms. The second-order valence-corrected chi connectivity index (χ2v) is 8.39. The fourth-order valence-electron chi connectivity index (χ4n) is 3.94. The lowest BCUT2D eigenvalue weighted by atomic mass is 10.0. The number of guanidine groups is 1. The molecule has 1 aliphatic rings. The highest BCUT2D eigenvalue weighted by molar-refractivity contribution is 5.79. The van der Waals surface area contributed by atoms with Gasteiger partial charge in [-0.25, -0.2) is 4.98 Å². The zero-order valence-corrected chi connectivity index (χ0v) is 19.7. The minimum absolute atomic E-state index is 0.244. The van der Waals surface area contributed by atoms with Crippen molar-refractivity contribution in [2.75, 3.05) is 39.9 Å². The summed E-state index contributed by atoms with van der Waals surface area (Å²) in [5.74, 6) is 1.36. The largest absolute Gasteiger partial charge is 0.444 e. The highest BCUT2D eigenvalue weighted by Gasteiger charge is 2.23. The highest BCUT2D eigenvalue weighted by atomic mass is 16.5. The molecular weight excluding hydrogens is 414 g/mol. The Bertz CT molecular complexity index is 1040. The van der Waals surface area contributed by atoms with E-state index in [0.717, 1.165) is 50.1 Å². The molecule has 0 amide bonds. The summed E-state index contributed by atoms with van der Waals surface area (Å²) in [6.07, 6.45) is 1.69. The number of ether oxygens (including phenoxy) is 1. The summed E-state index contributed by atoms with van der Waals surface area (Å²) in [6.45, 7) is 8.84. The average Bonchev–Trinajstić information content (AvgIpc) is 3.32. The van der Waals surface area contributed by atoms with Crippen molar-refractivity contribution in [3.63, 3.8) is 0 Å². The van der Waals surface area contributed by atoms with Gasteiger partial charge in [0.1, 0.15) is 6.26 Å². The Kier molecular flexibility index (Phi) is 7.75. The van der Waals surface area contributed by atoms with Gasteiger partial charge in [0, 0.05) is 32.2 Å². The zero-order valence-electron chi connectivity index (χ0n) is 19.7. The maximum atomic E-state index is 5.67. The van der Waals surface area contributed by atoms with Crippen LogP contribution in [-0.2, 0) is 11.3 Å². The van der Waals surface area contributed by atoms with Crippen molar-refractivity contribution in [3.05, 3.63) is 77.2 Å². The Balaban J connectivity index is 1.36. The molecule has 174 valence electrons. The number of hydrogen-bond acceptors (Lipinski definition) is 5. The van der Waals surface area contributed by atoms with Crippen molar-refractivity contribution in [2.24, 2.45) is 4.99 Å². The molecule has 33 heavy (non-hydrogen) atoms. The SMILES string of the molecule is CN=C(NCc1coc(-c2ccc(C)cc2)n1)NCC(c1ccc(C)cc1)N1CCOCC1. The lowest BCUT2D eigenvalue weighted by molar-refractivity contribution is 0.0170. The fraction of sp³-hybridized carbons (Fsp3) is 0.385. The van der Waals surface area contributed by atoms with Crippen LogP contribution in [0.25, 0.3) is 11.5 Å². The summed E-state index contributed by atoms with van der Waals surface area (Å²) >= 11 is 0. The summed E-state index contributed by atoms with van der Waals surface area (Å²) in [4.78, 5) is 11.5. The standard InChI is InChI=1S/C26H33N5O2/c1-19-4-8-21(9-5-19)24(31-12-14-32-15-13-31)17-29-26(27-3)28-16-23-18-33-25(30-23)22-10-6-20(2)7-11-22/h4-11,18,24H,12-17H2,1-3H3,(H2,27,28,29). The number of aryl methyl sites for hydroxylation is 2. The quantitative estimate of drug-likeness (QED) is 0.425. The minimum atomic E-state index is 0.244. The van der Waals surface area contributed by atoms with Crippen LogP contribution in [-0.4, -0.2) is 55.7 Å². The van der Waals surface area contributed by atoms with Crippen LogP contribution in [0.1, 0.15) is 28.4 Å². The van der Waals surface area contributed by atoms with E-state index in [9.17, 15) is 0 Å². The number of nitrogens with zero attached hydrogens (tertiary/aromatic N) is 3. The first-order valence-corrected chi connectivity index (χ1v) is 11.5. The molecule has 4 rings (SSSR count). The van der Waals surface area contributed by atoms with E-state index in [4.69, 9.17) is 9.15 Å². The van der Waals surface area contributed by atoms with Crippen LogP contribution in [0, 0.1) is 13.8 Å². The molecule has 1 saturated heterocycles. The van der Waals surface area contributed by atoms with E-state index in [1.807, 2.05) is 12.1 Å². The average molecular weight is 448 g/mol. The van der Waals surface area contributed by atoms with Crippen LogP contribution in [0.5, 0.6) is 0 Å². The third-order valence-electron chi connectivity index (χ3n) is 5.92. The molecule has 2 N–H and O–H groups in total. The molecule has 0 spiro atoms. The topological polar surface area (TPSA) is 74.9 Å². The zero-order chi connectivity index (χ0) is 23.0. The summed E-state index contributed by atoms with van der Waals surface area (Å²) in [6, 6.07) is 17.2. The van der Waals surface area contributed by atoms with Gasteiger partial charge in [-0.05, 0) is 31.5 Å². The molecule has 2 aromatic carbocycles. The number of morpholine rings is 1. The molecule has 1 aromatic heterocycles. The van der Waals surface area contributed by atoms with Crippen molar-refractivity contribution in [1.82, 2.24) is 20.5 Å². The van der Waals surface area contributed by atoms with Gasteiger partial charge in [0.15, 0.2) is 5.96 Å². The normalized spacial score (nSPS) is 15.9. The summed E-state index contributed by atoms with van der Waals surface area (Å²) in [7, 11) is 1.78. The Morgan fingerprint density at radius 3 is 2.33 bits per heavy atom. The third-order valence-corrected chi connectivity index (χ3v) is 5.92. The Hall–Kier alpha value is -3.16. The van der Waals surface area contributed by atoms with Gasteiger partial charge in [0.2, 0.25) is 5.89 Å². The van der Waals surface area contributed by atoms with E-state index < -0.39 is 0 Å². The van der Waals surface area contributed by atoms with Crippen molar-refractivity contribution >= 4 is 5.96 Å². The van der Waals surface area contributed by atoms with E-state index in [-0.39, 0.29) is 6.04 Å². The molecule has 1 fully saturated rings. The van der Waals surface area contributed by atoms with Gasteiger partial charge in [-0.3, -0.25) is 9.89 Å². The lowest BCUT2D eigenvalue weighted by Gasteiger charge is -2.35. The highest BCUT2D eigenvalue weighted by Crippen LogP contribution is 2.22. The number of hydrogen-bond donors (Lipinski definition) is 2. The predicted octanol–water partition coefficient (Wildman–Crippen LogP) is 3.70. The molecule has 7 nitrogen and oxygen atoms in total. The van der Waals surface area contributed by atoms with E-state index in [1.165, 1.54) is 16.7 Å². The van der Waals surface area contributed by atoms with Gasteiger partial charge in [-0.15, -0.1) is 0 Å². The second-order valence-electron chi connectivity index (χ2n) is 8.39. The molecule has 2 heterocycles. The van der Waals surface area contributed by atoms with Gasteiger partial charge in [-0.2, -0.15) is 0 Å². The molecule has 0 aliphatic carbocycles. The number of nitrogens with one attached hydrogen (secondary N) is 2. The molecule has 1 aliphatic heterocycles. The van der Waals surface area contributed by atoms with Crippen LogP contribution in [0.2, 0.25) is 0 Å². The Labute approximate surface area is 195 Å². The number of oxazole rings is 1. The van der Waals surface area contributed by atoms with Crippen LogP contribution in [0.15, 0.2) is 64.2 Å². The number of aliphatic imine (C=N–C) groups is 1. The van der Waals surface area contributed by atoms with Gasteiger partial charge >= 0.3 is 0 Å². The molecule has 1 unspecified atom stereocenters. The van der Waals surface area contributed by atoms with E-state index in [2.05, 4.69) is 75.8 Å². The van der Waals surface area contributed by atoms with Gasteiger partial charge in [0.05, 0.1) is 31.5 Å². The van der Waals surface area contributed by atoms with Crippen LogP contribution in [0.3, 0.4) is 0 Å². The second kappa shape index (κ2) is 11.1. The summed E-state index contributed by atoms with van der Waals surface area (Å²) in [5.41, 5.74) is 5.58. The van der Waals surface area contributed by atoms with Gasteiger partial charge < -0.3 is 19.8 Å². The lowest BCUT2D eigenvalue weighted by Crippen LogP contribution is -2.46. The van der Waals surface area contributed by atoms with E-state index >= 15 is 0 Å². The molecule has 1 atom stereocenters. The third kappa shape index (κ3) is 6.21. The van der Waals surface area contributed by atoms with Gasteiger partial charge in [-0.1, -0.05) is 47.5 Å². The monoisotopic (exact) mass is 447 g/mol. The fourth-order valence-corrected chi connectivity index (χ4v) is 3.94. The molecule has 0 radical (unpaired) electrons. The van der Waals surface area contributed by atoms with Crippen molar-refractivity contribution in [2.45, 2.75) is 26.4 Å². The maximum Gasteiger partial charge on any atom is 0.226 e. The van der Waals surface area contributed by atoms with E-state index in [1.54, 1.807) is 13.3 Å². The summed E-state index contributed by atoms with van der Waals surface area (Å²) < 4.78 is 11.2. The molecular formula is C26H33N5O2. The Morgan fingerprint density at radius 2 is 1.67 bits per heavy atom.